The summed E-state index contributed by atoms with van der Waals surface area (Å²) < 4.78 is 4.98. The summed E-state index contributed by atoms with van der Waals surface area (Å²) in [6.07, 6.45) is 4.30. The number of carbonyl (C=O) groups is 1. The van der Waals surface area contributed by atoms with Gasteiger partial charge in [-0.25, -0.2) is 4.79 Å². The van der Waals surface area contributed by atoms with E-state index in [-0.39, 0.29) is 16.6 Å². The van der Waals surface area contributed by atoms with Gasteiger partial charge < -0.3 is 9.63 Å². The zero-order valence-corrected chi connectivity index (χ0v) is 8.25. The molecule has 4 nitrogen and oxygen atoms in total. The molecule has 0 amide bonds. The molecule has 0 saturated heterocycles. The van der Waals surface area contributed by atoms with Crippen molar-refractivity contribution in [3.05, 3.63) is 16.5 Å². The van der Waals surface area contributed by atoms with Crippen molar-refractivity contribution in [3.8, 4) is 0 Å². The molecular weight excluding hydrogens is 206 g/mol. The lowest BCUT2D eigenvalue weighted by Gasteiger charge is -2.02. The van der Waals surface area contributed by atoms with Crippen LogP contribution < -0.4 is 0 Å². The lowest BCUT2D eigenvalue weighted by molar-refractivity contribution is 0.0686. The van der Waals surface area contributed by atoms with Crippen LogP contribution in [-0.2, 0) is 0 Å². The number of carboxylic acid groups (broad SMARTS) is 1. The van der Waals surface area contributed by atoms with E-state index in [1.165, 1.54) is 0 Å². The maximum Gasteiger partial charge on any atom is 0.359 e. The highest BCUT2D eigenvalue weighted by molar-refractivity contribution is 6.33. The molecule has 0 spiro atoms. The van der Waals surface area contributed by atoms with Gasteiger partial charge in [-0.2, -0.15) is 0 Å². The predicted molar refractivity (Wildman–Crippen MR) is 49.7 cm³/mol. The largest absolute Gasteiger partial charge is 0.476 e. The molecule has 1 aliphatic carbocycles. The topological polar surface area (TPSA) is 63.3 Å². The Labute approximate surface area is 85.8 Å². The third-order valence-corrected chi connectivity index (χ3v) is 2.95. The highest BCUT2D eigenvalue weighted by Crippen LogP contribution is 2.38. The Hall–Kier alpha value is -1.03. The first kappa shape index (κ1) is 9.52. The molecule has 0 unspecified atom stereocenters. The molecule has 0 aliphatic heterocycles. The van der Waals surface area contributed by atoms with Crippen LogP contribution >= 0.6 is 11.6 Å². The van der Waals surface area contributed by atoms with Crippen LogP contribution in [0.4, 0.5) is 0 Å². The number of aromatic carboxylic acids is 1. The van der Waals surface area contributed by atoms with Gasteiger partial charge in [0.25, 0.3) is 0 Å². The molecule has 5 heteroatoms. The van der Waals surface area contributed by atoms with E-state index in [1.807, 2.05) is 0 Å². The SMILES string of the molecule is O=C(O)c1noc(C2CCCC2)c1Cl. The summed E-state index contributed by atoms with van der Waals surface area (Å²) in [7, 11) is 0. The lowest BCUT2D eigenvalue weighted by Crippen LogP contribution is -1.97. The Morgan fingerprint density at radius 3 is 2.64 bits per heavy atom. The normalized spacial score (nSPS) is 17.5. The molecule has 0 atom stereocenters. The van der Waals surface area contributed by atoms with Crippen LogP contribution in [0.15, 0.2) is 4.52 Å². The number of hydrogen-bond donors (Lipinski definition) is 1. The van der Waals surface area contributed by atoms with Gasteiger partial charge in [0.1, 0.15) is 5.02 Å². The first-order valence-electron chi connectivity index (χ1n) is 4.58. The van der Waals surface area contributed by atoms with Crippen LogP contribution in [0, 0.1) is 0 Å². The van der Waals surface area contributed by atoms with Crippen LogP contribution in [0.1, 0.15) is 47.8 Å². The highest BCUT2D eigenvalue weighted by Gasteiger charge is 2.28. The Kier molecular flexibility index (Phi) is 2.46. The fraction of sp³-hybridized carbons (Fsp3) is 0.556. The number of aromatic nitrogens is 1. The summed E-state index contributed by atoms with van der Waals surface area (Å²) >= 11 is 5.86. The van der Waals surface area contributed by atoms with Crippen molar-refractivity contribution in [2.45, 2.75) is 31.6 Å². The second kappa shape index (κ2) is 3.61. The van der Waals surface area contributed by atoms with Gasteiger partial charge in [-0.05, 0) is 12.8 Å². The van der Waals surface area contributed by atoms with E-state index < -0.39 is 5.97 Å². The van der Waals surface area contributed by atoms with Crippen molar-refractivity contribution < 1.29 is 14.4 Å². The van der Waals surface area contributed by atoms with Crippen molar-refractivity contribution in [1.82, 2.24) is 5.16 Å². The fourth-order valence-corrected chi connectivity index (χ4v) is 2.17. The van der Waals surface area contributed by atoms with Crippen LogP contribution in [0.3, 0.4) is 0 Å². The third-order valence-electron chi connectivity index (χ3n) is 2.59. The molecule has 0 radical (unpaired) electrons. The average molecular weight is 216 g/mol. The van der Waals surface area contributed by atoms with Gasteiger partial charge in [0, 0.05) is 5.92 Å². The average Bonchev–Trinajstić information content (AvgIpc) is 2.71. The summed E-state index contributed by atoms with van der Waals surface area (Å²) in [6.45, 7) is 0. The number of nitrogens with zero attached hydrogens (tertiary/aromatic N) is 1. The summed E-state index contributed by atoms with van der Waals surface area (Å²) in [6, 6.07) is 0. The van der Waals surface area contributed by atoms with Crippen molar-refractivity contribution in [2.24, 2.45) is 0 Å². The smallest absolute Gasteiger partial charge is 0.359 e. The minimum absolute atomic E-state index is 0.171. The Bertz CT molecular complexity index is 355. The fourth-order valence-electron chi connectivity index (χ4n) is 1.87. The standard InChI is InChI=1S/C9H10ClNO3/c10-6-7(9(12)13)11-14-8(6)5-3-1-2-4-5/h5H,1-4H2,(H,12,13). The van der Waals surface area contributed by atoms with Crippen LogP contribution in [0.25, 0.3) is 0 Å². The third kappa shape index (κ3) is 1.50. The molecule has 2 rings (SSSR count). The summed E-state index contributed by atoms with van der Waals surface area (Å²) in [5, 5.41) is 12.3. The molecule has 1 aromatic rings. The maximum absolute atomic E-state index is 10.6. The molecule has 1 fully saturated rings. The maximum atomic E-state index is 10.6. The van der Waals surface area contributed by atoms with E-state index in [0.717, 1.165) is 25.7 Å². The molecule has 1 N–H and O–H groups in total. The minimum atomic E-state index is -1.14. The van der Waals surface area contributed by atoms with Crippen LogP contribution in [0.5, 0.6) is 0 Å². The second-order valence-electron chi connectivity index (χ2n) is 3.50. The van der Waals surface area contributed by atoms with E-state index in [4.69, 9.17) is 21.2 Å². The minimum Gasteiger partial charge on any atom is -0.476 e. The highest BCUT2D eigenvalue weighted by atomic mass is 35.5. The van der Waals surface area contributed by atoms with Crippen molar-refractivity contribution >= 4 is 17.6 Å². The van der Waals surface area contributed by atoms with Gasteiger partial charge in [-0.3, -0.25) is 0 Å². The number of hydrogen-bond acceptors (Lipinski definition) is 3. The molecule has 0 aromatic carbocycles. The Morgan fingerprint density at radius 2 is 2.14 bits per heavy atom. The van der Waals surface area contributed by atoms with Crippen molar-refractivity contribution in [3.63, 3.8) is 0 Å². The lowest BCUT2D eigenvalue weighted by atomic mass is 10.1. The molecule has 1 saturated carbocycles. The van der Waals surface area contributed by atoms with Crippen molar-refractivity contribution in [1.29, 1.82) is 0 Å². The Balaban J connectivity index is 2.30. The van der Waals surface area contributed by atoms with E-state index in [9.17, 15) is 4.79 Å². The zero-order chi connectivity index (χ0) is 10.1. The van der Waals surface area contributed by atoms with Gasteiger partial charge in [0.2, 0.25) is 5.69 Å². The molecular formula is C9H10ClNO3. The second-order valence-corrected chi connectivity index (χ2v) is 3.87. The number of carboxylic acids is 1. The monoisotopic (exact) mass is 215 g/mol. The summed E-state index contributed by atoms with van der Waals surface area (Å²) in [4.78, 5) is 10.6. The first-order chi connectivity index (χ1) is 6.70. The van der Waals surface area contributed by atoms with Crippen LogP contribution in [-0.4, -0.2) is 16.2 Å². The Morgan fingerprint density at radius 1 is 1.50 bits per heavy atom. The quantitative estimate of drug-likeness (QED) is 0.824. The molecule has 76 valence electrons. The first-order valence-corrected chi connectivity index (χ1v) is 4.96. The molecule has 0 bridgehead atoms. The van der Waals surface area contributed by atoms with E-state index in [1.54, 1.807) is 0 Å². The number of halogens is 1. The van der Waals surface area contributed by atoms with E-state index >= 15 is 0 Å². The van der Waals surface area contributed by atoms with Gasteiger partial charge in [0.15, 0.2) is 5.76 Å². The van der Waals surface area contributed by atoms with Gasteiger partial charge >= 0.3 is 5.97 Å². The van der Waals surface area contributed by atoms with Gasteiger partial charge in [0.05, 0.1) is 0 Å². The van der Waals surface area contributed by atoms with Crippen LogP contribution in [0.2, 0.25) is 5.02 Å². The molecule has 1 heterocycles. The molecule has 1 aromatic heterocycles. The van der Waals surface area contributed by atoms with Crippen molar-refractivity contribution in [2.75, 3.05) is 0 Å². The molecule has 14 heavy (non-hydrogen) atoms. The summed E-state index contributed by atoms with van der Waals surface area (Å²) in [5.41, 5.74) is -0.173. The van der Waals surface area contributed by atoms with E-state index in [0.29, 0.717) is 5.76 Å². The van der Waals surface area contributed by atoms with Gasteiger partial charge in [-0.1, -0.05) is 29.6 Å². The zero-order valence-electron chi connectivity index (χ0n) is 7.49. The predicted octanol–water partition coefficient (Wildman–Crippen LogP) is 2.68. The summed E-state index contributed by atoms with van der Waals surface area (Å²) in [5.74, 6) is -0.340. The van der Waals surface area contributed by atoms with Gasteiger partial charge in [-0.15, -0.1) is 0 Å². The molecule has 1 aliphatic rings. The number of rotatable bonds is 2. The van der Waals surface area contributed by atoms with E-state index in [2.05, 4.69) is 5.16 Å².